The third kappa shape index (κ3) is 4.34. The van der Waals surface area contributed by atoms with Gasteiger partial charge in [-0.2, -0.15) is 0 Å². The highest BCUT2D eigenvalue weighted by atomic mass is 16.5. The fourth-order valence-corrected chi connectivity index (χ4v) is 1.72. The van der Waals surface area contributed by atoms with Gasteiger partial charge in [-0.1, -0.05) is 36.9 Å². The van der Waals surface area contributed by atoms with Crippen LogP contribution in [0.5, 0.6) is 0 Å². The number of carbonyl (C=O) groups excluding carboxylic acids is 1. The van der Waals surface area contributed by atoms with Gasteiger partial charge in [0, 0.05) is 7.05 Å². The van der Waals surface area contributed by atoms with Crippen molar-refractivity contribution in [3.05, 3.63) is 48.6 Å². The van der Waals surface area contributed by atoms with Crippen LogP contribution >= 0.6 is 0 Å². The van der Waals surface area contributed by atoms with Crippen LogP contribution in [0.1, 0.15) is 25.5 Å². The zero-order valence-corrected chi connectivity index (χ0v) is 11.3. The third-order valence-corrected chi connectivity index (χ3v) is 2.60. The summed E-state index contributed by atoms with van der Waals surface area (Å²) in [5.74, 6) is -0.0942. The van der Waals surface area contributed by atoms with Crippen LogP contribution in [0.3, 0.4) is 0 Å². The molecule has 0 aliphatic rings. The molecular weight excluding hydrogens is 226 g/mol. The topological polar surface area (TPSA) is 29.5 Å². The van der Waals surface area contributed by atoms with Crippen LogP contribution in [0.25, 0.3) is 0 Å². The van der Waals surface area contributed by atoms with Crippen LogP contribution < -0.4 is 0 Å². The lowest BCUT2D eigenvalue weighted by atomic mass is 10.1. The van der Waals surface area contributed by atoms with Crippen molar-refractivity contribution >= 4 is 5.91 Å². The maximum Gasteiger partial charge on any atom is 0.245 e. The minimum absolute atomic E-state index is 0.0942. The Hall–Kier alpha value is -1.61. The first-order chi connectivity index (χ1) is 8.54. The van der Waals surface area contributed by atoms with Crippen molar-refractivity contribution in [3.63, 3.8) is 0 Å². The average molecular weight is 247 g/mol. The summed E-state index contributed by atoms with van der Waals surface area (Å²) in [4.78, 5) is 13.1. The summed E-state index contributed by atoms with van der Waals surface area (Å²) in [5.41, 5.74) is 1.08. The molecule has 0 aliphatic carbocycles. The van der Waals surface area contributed by atoms with Crippen molar-refractivity contribution in [2.75, 3.05) is 13.6 Å². The summed E-state index contributed by atoms with van der Waals surface area (Å²) < 4.78 is 5.87. The number of carbonyl (C=O) groups is 1. The van der Waals surface area contributed by atoms with Crippen LogP contribution in [-0.2, 0) is 9.53 Å². The minimum Gasteiger partial charge on any atom is -0.369 e. The lowest BCUT2D eigenvalue weighted by molar-refractivity contribution is -0.127. The Morgan fingerprint density at radius 1 is 1.39 bits per heavy atom. The first-order valence-electron chi connectivity index (χ1n) is 6.12. The molecule has 1 unspecified atom stereocenters. The number of hydrogen-bond acceptors (Lipinski definition) is 2. The number of ether oxygens (including phenoxy) is 1. The van der Waals surface area contributed by atoms with Gasteiger partial charge in [0.25, 0.3) is 0 Å². The molecule has 3 heteroatoms. The molecule has 98 valence electrons. The predicted octanol–water partition coefficient (Wildman–Crippen LogP) is 2.80. The number of hydrogen-bond donors (Lipinski definition) is 0. The van der Waals surface area contributed by atoms with Gasteiger partial charge in [-0.05, 0) is 25.5 Å². The van der Waals surface area contributed by atoms with E-state index in [1.807, 2.05) is 44.2 Å². The van der Waals surface area contributed by atoms with Gasteiger partial charge in [-0.15, -0.1) is 0 Å². The lowest BCUT2D eigenvalue weighted by Crippen LogP contribution is -2.31. The maximum atomic E-state index is 11.5. The molecule has 1 aromatic rings. The number of likely N-dealkylation sites (N-methyl/N-ethyl adjacent to an activating group) is 1. The van der Waals surface area contributed by atoms with E-state index in [0.717, 1.165) is 5.56 Å². The van der Waals surface area contributed by atoms with Crippen molar-refractivity contribution in [2.45, 2.75) is 26.1 Å². The number of nitrogens with zero attached hydrogens (tertiary/aromatic N) is 1. The Bertz CT molecular complexity index is 387. The second-order valence-electron chi connectivity index (χ2n) is 4.51. The third-order valence-electron chi connectivity index (χ3n) is 2.60. The normalized spacial score (nSPS) is 12.2. The van der Waals surface area contributed by atoms with Crippen molar-refractivity contribution in [1.29, 1.82) is 0 Å². The first kappa shape index (κ1) is 14.5. The summed E-state index contributed by atoms with van der Waals surface area (Å²) in [5, 5.41) is 0. The molecular formula is C15H21NO2. The van der Waals surface area contributed by atoms with E-state index < -0.39 is 0 Å². The highest BCUT2D eigenvalue weighted by Crippen LogP contribution is 2.20. The highest BCUT2D eigenvalue weighted by Gasteiger charge is 2.17. The maximum absolute atomic E-state index is 11.5. The van der Waals surface area contributed by atoms with E-state index in [4.69, 9.17) is 4.74 Å². The molecule has 1 amide bonds. The van der Waals surface area contributed by atoms with Gasteiger partial charge in [0.1, 0.15) is 6.10 Å². The molecule has 0 aliphatic heterocycles. The highest BCUT2D eigenvalue weighted by molar-refractivity contribution is 5.86. The number of benzene rings is 1. The van der Waals surface area contributed by atoms with Crippen LogP contribution in [0.2, 0.25) is 0 Å². The van der Waals surface area contributed by atoms with Crippen LogP contribution in [0.4, 0.5) is 0 Å². The smallest absolute Gasteiger partial charge is 0.245 e. The summed E-state index contributed by atoms with van der Waals surface area (Å²) in [6.45, 7) is 7.99. The molecule has 1 aromatic carbocycles. The molecule has 0 aromatic heterocycles. The van der Waals surface area contributed by atoms with Gasteiger partial charge >= 0.3 is 0 Å². The molecule has 0 N–H and O–H groups in total. The molecule has 0 heterocycles. The van der Waals surface area contributed by atoms with E-state index in [0.29, 0.717) is 6.54 Å². The van der Waals surface area contributed by atoms with Gasteiger partial charge in [-0.25, -0.2) is 0 Å². The van der Waals surface area contributed by atoms with E-state index in [1.165, 1.54) is 6.08 Å². The Balaban J connectivity index is 2.79. The summed E-state index contributed by atoms with van der Waals surface area (Å²) in [6.07, 6.45) is 1.32. The number of amides is 1. The second-order valence-corrected chi connectivity index (χ2v) is 4.51. The summed E-state index contributed by atoms with van der Waals surface area (Å²) in [6, 6.07) is 9.94. The summed E-state index contributed by atoms with van der Waals surface area (Å²) >= 11 is 0. The minimum atomic E-state index is -0.111. The van der Waals surface area contributed by atoms with E-state index in [1.54, 1.807) is 11.9 Å². The first-order valence-corrected chi connectivity index (χ1v) is 6.12. The molecule has 1 atom stereocenters. The molecule has 0 radical (unpaired) electrons. The lowest BCUT2D eigenvalue weighted by Gasteiger charge is -2.25. The van der Waals surface area contributed by atoms with E-state index >= 15 is 0 Å². The molecule has 1 rings (SSSR count). The van der Waals surface area contributed by atoms with Crippen LogP contribution in [0.15, 0.2) is 43.0 Å². The molecule has 0 bridgehead atoms. The van der Waals surface area contributed by atoms with E-state index in [-0.39, 0.29) is 18.1 Å². The molecule has 0 spiro atoms. The monoisotopic (exact) mass is 247 g/mol. The predicted molar refractivity (Wildman–Crippen MR) is 73.2 cm³/mol. The van der Waals surface area contributed by atoms with Gasteiger partial charge in [0.2, 0.25) is 5.91 Å². The zero-order chi connectivity index (χ0) is 13.5. The molecule has 0 saturated carbocycles. The van der Waals surface area contributed by atoms with Gasteiger partial charge < -0.3 is 9.64 Å². The number of rotatable bonds is 6. The van der Waals surface area contributed by atoms with Crippen molar-refractivity contribution in [3.8, 4) is 0 Å². The molecule has 0 fully saturated rings. The van der Waals surface area contributed by atoms with Crippen LogP contribution in [-0.4, -0.2) is 30.5 Å². The van der Waals surface area contributed by atoms with Crippen molar-refractivity contribution < 1.29 is 9.53 Å². The molecule has 0 saturated heterocycles. The van der Waals surface area contributed by atoms with Gasteiger partial charge in [0.05, 0.1) is 12.6 Å². The summed E-state index contributed by atoms with van der Waals surface area (Å²) in [7, 11) is 1.75. The van der Waals surface area contributed by atoms with Crippen molar-refractivity contribution in [2.24, 2.45) is 0 Å². The average Bonchev–Trinajstić information content (AvgIpc) is 2.37. The van der Waals surface area contributed by atoms with E-state index in [9.17, 15) is 4.79 Å². The standard InChI is InChI=1S/C15H21NO2/c1-5-15(17)16(4)11-14(18-12(2)3)13-9-7-6-8-10-13/h5-10,12,14H,1,11H2,2-4H3. The van der Waals surface area contributed by atoms with Gasteiger partial charge in [0.15, 0.2) is 0 Å². The SMILES string of the molecule is C=CC(=O)N(C)CC(OC(C)C)c1ccccc1. The van der Waals surface area contributed by atoms with Crippen LogP contribution in [0, 0.1) is 0 Å². The molecule has 3 nitrogen and oxygen atoms in total. The van der Waals surface area contributed by atoms with E-state index in [2.05, 4.69) is 6.58 Å². The molecule has 18 heavy (non-hydrogen) atoms. The fraction of sp³-hybridized carbons (Fsp3) is 0.400. The Morgan fingerprint density at radius 3 is 2.50 bits per heavy atom. The Labute approximate surface area is 109 Å². The zero-order valence-electron chi connectivity index (χ0n) is 11.3. The second kappa shape index (κ2) is 6.97. The van der Waals surface area contributed by atoms with Crippen molar-refractivity contribution in [1.82, 2.24) is 4.90 Å². The Kier molecular flexibility index (Phi) is 5.59. The van der Waals surface area contributed by atoms with Gasteiger partial charge in [-0.3, -0.25) is 4.79 Å². The fourth-order valence-electron chi connectivity index (χ4n) is 1.72. The largest absolute Gasteiger partial charge is 0.369 e. The Morgan fingerprint density at radius 2 is 2.00 bits per heavy atom. The quantitative estimate of drug-likeness (QED) is 0.723.